The van der Waals surface area contributed by atoms with Gasteiger partial charge in [-0.3, -0.25) is 4.52 Å². The Hall–Kier alpha value is -4.72. The molecule has 43 heavy (non-hydrogen) atoms. The Labute approximate surface area is 244 Å². The lowest BCUT2D eigenvalue weighted by Crippen LogP contribution is -2.21. The van der Waals surface area contributed by atoms with E-state index in [9.17, 15) is 9.67 Å². The van der Waals surface area contributed by atoms with Gasteiger partial charge in [-0.15, -0.1) is 0 Å². The molecule has 15 nitrogen and oxygen atoms in total. The number of nitrogens with two attached hydrogens (primary N) is 1. The number of aliphatic hydroxyl groups is 1. The van der Waals surface area contributed by atoms with Gasteiger partial charge in [-0.2, -0.15) is 9.97 Å². The standard InChI is InChI=1S/C27H26N5O10P/c1-14-17(19(33)9-18(14)32-11-29-24-25(32)30-27(28)31-26(24)35-2)10-40-43(34,41-15-3-5-20-22(7-15)38-12-36-20)42-16-4-6-21-23(8-16)39-13-37-21/h3-8,11,17-19,33H,1,9-10,12-13H2,2H3,(H2,28,30,31)/t17-,18-,19-/m0/s1. The minimum Gasteiger partial charge on any atom is -0.479 e. The fourth-order valence-corrected chi connectivity index (χ4v) is 6.42. The Morgan fingerprint density at radius 2 is 1.65 bits per heavy atom. The number of methoxy groups -OCH3 is 1. The average molecular weight is 612 g/mol. The second-order valence-corrected chi connectivity index (χ2v) is 11.4. The maximum Gasteiger partial charge on any atom is 0.587 e. The van der Waals surface area contributed by atoms with Crippen LogP contribution in [0.25, 0.3) is 11.2 Å². The number of ether oxygens (including phenoxy) is 5. The van der Waals surface area contributed by atoms with Crippen molar-refractivity contribution in [3.8, 4) is 40.4 Å². The average Bonchev–Trinajstić information content (AvgIpc) is 3.78. The number of imidazole rings is 1. The highest BCUT2D eigenvalue weighted by Gasteiger charge is 2.42. The van der Waals surface area contributed by atoms with E-state index < -0.39 is 25.9 Å². The number of nitrogens with zero attached hydrogens (tertiary/aromatic N) is 4. The number of rotatable bonds is 9. The van der Waals surface area contributed by atoms with Crippen LogP contribution in [-0.4, -0.2) is 58.0 Å². The second kappa shape index (κ2) is 10.5. The third-order valence-corrected chi connectivity index (χ3v) is 8.64. The summed E-state index contributed by atoms with van der Waals surface area (Å²) >= 11 is 0. The molecule has 4 heterocycles. The van der Waals surface area contributed by atoms with Crippen molar-refractivity contribution in [1.82, 2.24) is 19.5 Å². The van der Waals surface area contributed by atoms with E-state index in [2.05, 4.69) is 21.5 Å². The fraction of sp³-hybridized carbons (Fsp3) is 0.296. The van der Waals surface area contributed by atoms with E-state index in [0.717, 1.165) is 0 Å². The first kappa shape index (κ1) is 27.1. The van der Waals surface area contributed by atoms with Gasteiger partial charge in [0.1, 0.15) is 11.5 Å². The van der Waals surface area contributed by atoms with E-state index in [1.807, 2.05) is 0 Å². The molecule has 0 radical (unpaired) electrons. The topological polar surface area (TPSA) is 181 Å². The van der Waals surface area contributed by atoms with Gasteiger partial charge in [-0.1, -0.05) is 6.58 Å². The SMILES string of the molecule is C=C1[C@H](COP(=O)(Oc2ccc3c(c2)OCO3)Oc2ccc3c(c2)OCO3)[C@@H](O)C[C@@H]1n1cnc2c(OC)nc(N)nc21. The van der Waals surface area contributed by atoms with Crippen LogP contribution < -0.4 is 38.5 Å². The summed E-state index contributed by atoms with van der Waals surface area (Å²) in [4.78, 5) is 12.7. The summed E-state index contributed by atoms with van der Waals surface area (Å²) in [6.45, 7) is 4.09. The zero-order chi connectivity index (χ0) is 29.7. The lowest BCUT2D eigenvalue weighted by molar-refractivity contribution is 0.0971. The molecular formula is C27H26N5O10P. The van der Waals surface area contributed by atoms with Gasteiger partial charge in [0, 0.05) is 18.1 Å². The Balaban J connectivity index is 1.14. The van der Waals surface area contributed by atoms with Crippen molar-refractivity contribution in [2.75, 3.05) is 33.0 Å². The highest BCUT2D eigenvalue weighted by atomic mass is 31.2. The number of phosphoric acid groups is 1. The third kappa shape index (κ3) is 5.01. The van der Waals surface area contributed by atoms with Crippen LogP contribution in [0.3, 0.4) is 0 Å². The fourth-order valence-electron chi connectivity index (χ4n) is 5.19. The van der Waals surface area contributed by atoms with Crippen molar-refractivity contribution in [3.05, 3.63) is 54.9 Å². The lowest BCUT2D eigenvalue weighted by atomic mass is 10.0. The maximum atomic E-state index is 14.1. The zero-order valence-corrected chi connectivity index (χ0v) is 23.6. The molecule has 3 atom stereocenters. The van der Waals surface area contributed by atoms with Gasteiger partial charge in [-0.25, -0.2) is 9.55 Å². The number of fused-ring (bicyclic) bond motifs is 3. The van der Waals surface area contributed by atoms with E-state index in [1.54, 1.807) is 35.2 Å². The highest BCUT2D eigenvalue weighted by Crippen LogP contribution is 2.53. The predicted molar refractivity (Wildman–Crippen MR) is 149 cm³/mol. The van der Waals surface area contributed by atoms with E-state index in [1.165, 1.54) is 19.2 Å². The Morgan fingerprint density at radius 3 is 2.28 bits per heavy atom. The molecule has 0 saturated heterocycles. The van der Waals surface area contributed by atoms with Crippen molar-refractivity contribution < 1.29 is 46.9 Å². The van der Waals surface area contributed by atoms with Crippen molar-refractivity contribution >= 4 is 24.9 Å². The van der Waals surface area contributed by atoms with E-state index in [4.69, 9.17) is 43.0 Å². The first-order chi connectivity index (χ1) is 20.8. The predicted octanol–water partition coefficient (Wildman–Crippen LogP) is 3.64. The smallest absolute Gasteiger partial charge is 0.479 e. The molecule has 0 amide bonds. The van der Waals surface area contributed by atoms with E-state index in [-0.39, 0.29) is 49.9 Å². The van der Waals surface area contributed by atoms with Crippen LogP contribution >= 0.6 is 7.82 Å². The Bertz CT molecular complexity index is 1720. The molecule has 16 heteroatoms. The minimum absolute atomic E-state index is 0.0115. The molecule has 0 unspecified atom stereocenters. The lowest BCUT2D eigenvalue weighted by Gasteiger charge is -2.23. The van der Waals surface area contributed by atoms with Crippen LogP contribution in [-0.2, 0) is 9.09 Å². The highest BCUT2D eigenvalue weighted by molar-refractivity contribution is 7.49. The van der Waals surface area contributed by atoms with Gasteiger partial charge in [-0.05, 0) is 36.3 Å². The van der Waals surface area contributed by atoms with Crippen LogP contribution in [0.1, 0.15) is 12.5 Å². The first-order valence-corrected chi connectivity index (χ1v) is 14.6. The van der Waals surface area contributed by atoms with Gasteiger partial charge in [0.2, 0.25) is 25.4 Å². The van der Waals surface area contributed by atoms with Gasteiger partial charge in [0.25, 0.3) is 0 Å². The summed E-state index contributed by atoms with van der Waals surface area (Å²) < 4.78 is 60.2. The second-order valence-electron chi connectivity index (χ2n) is 9.87. The Morgan fingerprint density at radius 1 is 1.02 bits per heavy atom. The summed E-state index contributed by atoms with van der Waals surface area (Å²) in [5.41, 5.74) is 7.31. The van der Waals surface area contributed by atoms with Gasteiger partial charge < -0.3 is 48.1 Å². The van der Waals surface area contributed by atoms with Crippen LogP contribution in [0.15, 0.2) is 54.9 Å². The molecule has 2 aromatic heterocycles. The van der Waals surface area contributed by atoms with Crippen LogP contribution in [0.2, 0.25) is 0 Å². The van der Waals surface area contributed by atoms with Crippen molar-refractivity contribution in [2.45, 2.75) is 18.6 Å². The molecule has 0 bridgehead atoms. The zero-order valence-electron chi connectivity index (χ0n) is 22.7. The minimum atomic E-state index is -4.37. The first-order valence-electron chi connectivity index (χ1n) is 13.1. The van der Waals surface area contributed by atoms with Crippen molar-refractivity contribution in [3.63, 3.8) is 0 Å². The molecule has 4 aromatic rings. The van der Waals surface area contributed by atoms with E-state index >= 15 is 0 Å². The van der Waals surface area contributed by atoms with Crippen LogP contribution in [0, 0.1) is 5.92 Å². The quantitative estimate of drug-likeness (QED) is 0.207. The number of anilines is 1. The molecule has 3 N–H and O–H groups in total. The summed E-state index contributed by atoms with van der Waals surface area (Å²) in [5.74, 6) is 1.80. The molecule has 2 aromatic carbocycles. The summed E-state index contributed by atoms with van der Waals surface area (Å²) in [7, 11) is -2.91. The molecule has 1 fully saturated rings. The van der Waals surface area contributed by atoms with Crippen molar-refractivity contribution in [1.29, 1.82) is 0 Å². The number of nitrogen functional groups attached to an aromatic ring is 1. The number of hydrogen-bond acceptors (Lipinski definition) is 14. The Kier molecular flexibility index (Phi) is 6.64. The molecule has 1 aliphatic carbocycles. The largest absolute Gasteiger partial charge is 0.587 e. The van der Waals surface area contributed by atoms with Crippen LogP contribution in [0.4, 0.5) is 5.95 Å². The number of aromatic nitrogens is 4. The molecule has 224 valence electrons. The van der Waals surface area contributed by atoms with Crippen molar-refractivity contribution in [2.24, 2.45) is 5.92 Å². The summed E-state index contributed by atoms with van der Waals surface area (Å²) in [6, 6.07) is 8.97. The normalized spacial score (nSPS) is 20.5. The number of hydrogen-bond donors (Lipinski definition) is 2. The number of benzene rings is 2. The molecule has 7 rings (SSSR count). The molecular weight excluding hydrogens is 585 g/mol. The molecule has 1 saturated carbocycles. The maximum absolute atomic E-state index is 14.1. The van der Waals surface area contributed by atoms with Gasteiger partial charge in [0.15, 0.2) is 34.2 Å². The number of aliphatic hydroxyl groups excluding tert-OH is 1. The van der Waals surface area contributed by atoms with Crippen LogP contribution in [0.5, 0.6) is 40.4 Å². The monoisotopic (exact) mass is 611 g/mol. The number of phosphoric ester groups is 1. The van der Waals surface area contributed by atoms with E-state index in [0.29, 0.717) is 39.7 Å². The third-order valence-electron chi connectivity index (χ3n) is 7.30. The summed E-state index contributed by atoms with van der Waals surface area (Å²) in [5, 5.41) is 11.1. The summed E-state index contributed by atoms with van der Waals surface area (Å²) in [6.07, 6.45) is 0.922. The van der Waals surface area contributed by atoms with Gasteiger partial charge >= 0.3 is 7.82 Å². The molecule has 3 aliphatic rings. The van der Waals surface area contributed by atoms with Gasteiger partial charge in [0.05, 0.1) is 32.2 Å². The molecule has 0 spiro atoms. The molecule has 2 aliphatic heterocycles.